The Labute approximate surface area is 107 Å². The van der Waals surface area contributed by atoms with Crippen molar-refractivity contribution in [2.24, 2.45) is 0 Å². The third-order valence-corrected chi connectivity index (χ3v) is 3.01. The van der Waals surface area contributed by atoms with Crippen molar-refractivity contribution >= 4 is 0 Å². The molecule has 1 unspecified atom stereocenters. The second-order valence-electron chi connectivity index (χ2n) is 5.65. The minimum absolute atomic E-state index is 0.0235. The van der Waals surface area contributed by atoms with E-state index in [9.17, 15) is 5.11 Å². The standard InChI is InChI=1S/C12H21N3O3/c1-12(2,3)11-13-10(14-18-11)6-15-4-5-17-8-9(15)7-16/h9,16H,4-8H2,1-3H3. The van der Waals surface area contributed by atoms with Crippen LogP contribution in [0.15, 0.2) is 4.52 Å². The Kier molecular flexibility index (Phi) is 3.99. The smallest absolute Gasteiger partial charge is 0.232 e. The van der Waals surface area contributed by atoms with Crippen LogP contribution in [-0.2, 0) is 16.7 Å². The maximum absolute atomic E-state index is 9.29. The quantitative estimate of drug-likeness (QED) is 0.851. The van der Waals surface area contributed by atoms with E-state index in [-0.39, 0.29) is 18.1 Å². The molecule has 1 aliphatic heterocycles. The summed E-state index contributed by atoms with van der Waals surface area (Å²) in [5, 5.41) is 13.3. The average molecular weight is 255 g/mol. The molecule has 1 aliphatic rings. The first-order valence-electron chi connectivity index (χ1n) is 6.26. The van der Waals surface area contributed by atoms with Crippen LogP contribution in [0.2, 0.25) is 0 Å². The molecule has 1 saturated heterocycles. The molecular formula is C12H21N3O3. The minimum atomic E-state index is -0.132. The topological polar surface area (TPSA) is 71.6 Å². The van der Waals surface area contributed by atoms with Gasteiger partial charge in [0.2, 0.25) is 5.89 Å². The Morgan fingerprint density at radius 3 is 2.83 bits per heavy atom. The number of hydrogen-bond acceptors (Lipinski definition) is 6. The van der Waals surface area contributed by atoms with Gasteiger partial charge in [0.15, 0.2) is 5.82 Å². The van der Waals surface area contributed by atoms with E-state index in [4.69, 9.17) is 9.26 Å². The second-order valence-corrected chi connectivity index (χ2v) is 5.65. The molecule has 2 heterocycles. The summed E-state index contributed by atoms with van der Waals surface area (Å²) in [7, 11) is 0. The zero-order valence-corrected chi connectivity index (χ0v) is 11.2. The van der Waals surface area contributed by atoms with Crippen LogP contribution < -0.4 is 0 Å². The van der Waals surface area contributed by atoms with Gasteiger partial charge >= 0.3 is 0 Å². The number of aliphatic hydroxyl groups is 1. The molecule has 1 atom stereocenters. The van der Waals surface area contributed by atoms with Crippen LogP contribution in [0.5, 0.6) is 0 Å². The van der Waals surface area contributed by atoms with Gasteiger partial charge in [0, 0.05) is 12.0 Å². The summed E-state index contributed by atoms with van der Waals surface area (Å²) < 4.78 is 10.6. The lowest BCUT2D eigenvalue weighted by atomic mass is 9.97. The summed E-state index contributed by atoms with van der Waals surface area (Å²) in [4.78, 5) is 6.53. The predicted molar refractivity (Wildman–Crippen MR) is 65.1 cm³/mol. The average Bonchev–Trinajstić information content (AvgIpc) is 2.78. The van der Waals surface area contributed by atoms with Crippen LogP contribution in [0.3, 0.4) is 0 Å². The summed E-state index contributed by atoms with van der Waals surface area (Å²) >= 11 is 0. The van der Waals surface area contributed by atoms with E-state index in [2.05, 4.69) is 15.0 Å². The molecule has 1 fully saturated rings. The molecule has 1 aromatic heterocycles. The number of ether oxygens (including phenoxy) is 1. The zero-order chi connectivity index (χ0) is 13.2. The molecule has 102 valence electrons. The lowest BCUT2D eigenvalue weighted by Crippen LogP contribution is -2.47. The number of aromatic nitrogens is 2. The number of morpholine rings is 1. The number of rotatable bonds is 3. The highest BCUT2D eigenvalue weighted by molar-refractivity contribution is 4.98. The molecule has 2 rings (SSSR count). The highest BCUT2D eigenvalue weighted by Gasteiger charge is 2.26. The van der Waals surface area contributed by atoms with Gasteiger partial charge in [-0.05, 0) is 0 Å². The molecule has 1 aromatic rings. The maximum Gasteiger partial charge on any atom is 0.232 e. The molecule has 0 aromatic carbocycles. The van der Waals surface area contributed by atoms with Crippen molar-refractivity contribution in [3.8, 4) is 0 Å². The second kappa shape index (κ2) is 5.34. The van der Waals surface area contributed by atoms with Crippen molar-refractivity contribution < 1.29 is 14.4 Å². The van der Waals surface area contributed by atoms with E-state index in [0.717, 1.165) is 6.54 Å². The van der Waals surface area contributed by atoms with E-state index in [1.165, 1.54) is 0 Å². The van der Waals surface area contributed by atoms with E-state index < -0.39 is 0 Å². The van der Waals surface area contributed by atoms with Gasteiger partial charge in [0.25, 0.3) is 0 Å². The molecule has 0 amide bonds. The fourth-order valence-electron chi connectivity index (χ4n) is 1.87. The minimum Gasteiger partial charge on any atom is -0.395 e. The first kappa shape index (κ1) is 13.5. The van der Waals surface area contributed by atoms with Crippen LogP contribution in [0, 0.1) is 0 Å². The van der Waals surface area contributed by atoms with E-state index in [1.807, 2.05) is 20.8 Å². The summed E-state index contributed by atoms with van der Waals surface area (Å²) in [6, 6.07) is 0.0235. The molecule has 0 spiro atoms. The van der Waals surface area contributed by atoms with Gasteiger partial charge in [-0.25, -0.2) is 0 Å². The van der Waals surface area contributed by atoms with Crippen molar-refractivity contribution in [2.75, 3.05) is 26.4 Å². The van der Waals surface area contributed by atoms with Crippen LogP contribution in [-0.4, -0.2) is 52.6 Å². The maximum atomic E-state index is 9.29. The summed E-state index contributed by atoms with van der Waals surface area (Å²) in [5.41, 5.74) is -0.132. The summed E-state index contributed by atoms with van der Waals surface area (Å²) in [6.07, 6.45) is 0. The Hall–Kier alpha value is -0.980. The third-order valence-electron chi connectivity index (χ3n) is 3.01. The van der Waals surface area contributed by atoms with Crippen LogP contribution >= 0.6 is 0 Å². The Bertz CT molecular complexity index is 386. The normalized spacial score (nSPS) is 22.3. The SMILES string of the molecule is CC(C)(C)c1nc(CN2CCOCC2CO)no1. The number of nitrogens with zero attached hydrogens (tertiary/aromatic N) is 3. The highest BCUT2D eigenvalue weighted by atomic mass is 16.5. The zero-order valence-electron chi connectivity index (χ0n) is 11.2. The van der Waals surface area contributed by atoms with Gasteiger partial charge in [-0.2, -0.15) is 4.98 Å². The fraction of sp³-hybridized carbons (Fsp3) is 0.833. The van der Waals surface area contributed by atoms with Gasteiger partial charge in [-0.15, -0.1) is 0 Å². The van der Waals surface area contributed by atoms with Crippen molar-refractivity contribution in [2.45, 2.75) is 38.8 Å². The van der Waals surface area contributed by atoms with Gasteiger partial charge in [-0.1, -0.05) is 25.9 Å². The predicted octanol–water partition coefficient (Wildman–Crippen LogP) is 0.560. The van der Waals surface area contributed by atoms with E-state index >= 15 is 0 Å². The fourth-order valence-corrected chi connectivity index (χ4v) is 1.87. The van der Waals surface area contributed by atoms with Crippen LogP contribution in [0.1, 0.15) is 32.5 Å². The molecule has 0 bridgehead atoms. The lowest BCUT2D eigenvalue weighted by molar-refractivity contribution is -0.0324. The largest absolute Gasteiger partial charge is 0.395 e. The molecule has 0 radical (unpaired) electrons. The van der Waals surface area contributed by atoms with Gasteiger partial charge in [0.1, 0.15) is 0 Å². The van der Waals surface area contributed by atoms with Crippen molar-refractivity contribution in [1.82, 2.24) is 15.0 Å². The molecule has 0 saturated carbocycles. The van der Waals surface area contributed by atoms with E-state index in [1.54, 1.807) is 0 Å². The van der Waals surface area contributed by atoms with Crippen LogP contribution in [0.25, 0.3) is 0 Å². The van der Waals surface area contributed by atoms with Crippen molar-refractivity contribution in [3.05, 3.63) is 11.7 Å². The molecule has 6 heteroatoms. The molecular weight excluding hydrogens is 234 g/mol. The first-order chi connectivity index (χ1) is 8.50. The van der Waals surface area contributed by atoms with E-state index in [0.29, 0.717) is 31.5 Å². The molecule has 6 nitrogen and oxygen atoms in total. The molecule has 18 heavy (non-hydrogen) atoms. The Balaban J connectivity index is 2.02. The lowest BCUT2D eigenvalue weighted by Gasteiger charge is -2.33. The van der Waals surface area contributed by atoms with Gasteiger partial charge in [0.05, 0.1) is 32.4 Å². The Morgan fingerprint density at radius 2 is 2.22 bits per heavy atom. The van der Waals surface area contributed by atoms with Crippen molar-refractivity contribution in [3.63, 3.8) is 0 Å². The van der Waals surface area contributed by atoms with Crippen LogP contribution in [0.4, 0.5) is 0 Å². The first-order valence-corrected chi connectivity index (χ1v) is 6.26. The summed E-state index contributed by atoms with van der Waals surface area (Å²) in [6.45, 7) is 8.81. The molecule has 1 N–H and O–H groups in total. The van der Waals surface area contributed by atoms with Gasteiger partial charge < -0.3 is 14.4 Å². The molecule has 0 aliphatic carbocycles. The monoisotopic (exact) mass is 255 g/mol. The van der Waals surface area contributed by atoms with Gasteiger partial charge in [-0.3, -0.25) is 4.90 Å². The van der Waals surface area contributed by atoms with Crippen molar-refractivity contribution in [1.29, 1.82) is 0 Å². The third kappa shape index (κ3) is 3.07. The summed E-state index contributed by atoms with van der Waals surface area (Å²) in [5.74, 6) is 1.31. The Morgan fingerprint density at radius 1 is 1.44 bits per heavy atom. The number of aliphatic hydroxyl groups excluding tert-OH is 1. The highest BCUT2D eigenvalue weighted by Crippen LogP contribution is 2.20. The number of hydrogen-bond donors (Lipinski definition) is 1.